The van der Waals surface area contributed by atoms with Gasteiger partial charge in [-0.3, -0.25) is 9.78 Å². The highest BCUT2D eigenvalue weighted by molar-refractivity contribution is 6.30. The third-order valence-electron chi connectivity index (χ3n) is 4.17. The lowest BCUT2D eigenvalue weighted by Gasteiger charge is -2.36. The molecule has 4 nitrogen and oxygen atoms in total. The maximum Gasteiger partial charge on any atom is 0.223 e. The fourth-order valence-corrected chi connectivity index (χ4v) is 3.16. The molecule has 2 aromatic rings. The first-order chi connectivity index (χ1) is 11.2. The molecular formula is C18H22Cl3N3O. The summed E-state index contributed by atoms with van der Waals surface area (Å²) >= 11 is 6.10. The zero-order valence-corrected chi connectivity index (χ0v) is 16.1. The second kappa shape index (κ2) is 10.6. The summed E-state index contributed by atoms with van der Waals surface area (Å²) < 4.78 is 0. The van der Waals surface area contributed by atoms with Gasteiger partial charge in [0.15, 0.2) is 0 Å². The van der Waals surface area contributed by atoms with Crippen LogP contribution in [0.15, 0.2) is 48.8 Å². The van der Waals surface area contributed by atoms with Gasteiger partial charge in [-0.15, -0.1) is 24.8 Å². The standard InChI is InChI=1S/C18H20ClN3O.2ClH/c19-16-3-1-2-15(12-16)17-13-21-10-11-22(17)18(23)5-4-14-6-8-20-9-7-14;;/h1-3,6-9,12,17,21H,4-5,10-11,13H2;2*1H. The van der Waals surface area contributed by atoms with E-state index in [1.807, 2.05) is 41.3 Å². The number of hydrogen-bond donors (Lipinski definition) is 1. The Morgan fingerprint density at radius 1 is 1.24 bits per heavy atom. The molecule has 7 heteroatoms. The van der Waals surface area contributed by atoms with E-state index < -0.39 is 0 Å². The van der Waals surface area contributed by atoms with E-state index in [2.05, 4.69) is 10.3 Å². The highest BCUT2D eigenvalue weighted by Crippen LogP contribution is 2.25. The number of hydrogen-bond acceptors (Lipinski definition) is 3. The lowest BCUT2D eigenvalue weighted by atomic mass is 10.0. The Morgan fingerprint density at radius 3 is 2.72 bits per heavy atom. The summed E-state index contributed by atoms with van der Waals surface area (Å²) in [6.45, 7) is 2.33. The van der Waals surface area contributed by atoms with Crippen LogP contribution in [0.25, 0.3) is 0 Å². The topological polar surface area (TPSA) is 45.2 Å². The van der Waals surface area contributed by atoms with Crippen molar-refractivity contribution >= 4 is 42.3 Å². The van der Waals surface area contributed by atoms with Gasteiger partial charge in [0.25, 0.3) is 0 Å². The van der Waals surface area contributed by atoms with Crippen molar-refractivity contribution in [1.29, 1.82) is 0 Å². The Labute approximate surface area is 165 Å². The summed E-state index contributed by atoms with van der Waals surface area (Å²) in [5, 5.41) is 4.07. The van der Waals surface area contributed by atoms with Gasteiger partial charge in [0.1, 0.15) is 0 Å². The van der Waals surface area contributed by atoms with E-state index in [0.717, 1.165) is 37.2 Å². The molecule has 1 unspecified atom stereocenters. The number of amides is 1. The van der Waals surface area contributed by atoms with E-state index in [-0.39, 0.29) is 36.8 Å². The summed E-state index contributed by atoms with van der Waals surface area (Å²) in [5.41, 5.74) is 2.23. The van der Waals surface area contributed by atoms with E-state index in [0.29, 0.717) is 11.4 Å². The van der Waals surface area contributed by atoms with E-state index in [4.69, 9.17) is 11.6 Å². The van der Waals surface area contributed by atoms with Crippen LogP contribution in [0.4, 0.5) is 0 Å². The highest BCUT2D eigenvalue weighted by Gasteiger charge is 2.27. The fraction of sp³-hybridized carbons (Fsp3) is 0.333. The van der Waals surface area contributed by atoms with Crippen LogP contribution in [-0.2, 0) is 11.2 Å². The van der Waals surface area contributed by atoms with Gasteiger partial charge in [-0.1, -0.05) is 23.7 Å². The SMILES string of the molecule is Cl.Cl.O=C(CCc1ccncc1)N1CCNCC1c1cccc(Cl)c1. The molecule has 0 radical (unpaired) electrons. The van der Waals surface area contributed by atoms with Crippen LogP contribution < -0.4 is 5.32 Å². The molecule has 1 fully saturated rings. The number of pyridine rings is 1. The number of piperazine rings is 1. The average molecular weight is 403 g/mol. The average Bonchev–Trinajstić information content (AvgIpc) is 2.60. The number of carbonyl (C=O) groups excluding carboxylic acids is 1. The van der Waals surface area contributed by atoms with E-state index in [1.165, 1.54) is 0 Å². The van der Waals surface area contributed by atoms with Crippen LogP contribution >= 0.6 is 36.4 Å². The number of carbonyl (C=O) groups is 1. The molecule has 25 heavy (non-hydrogen) atoms. The van der Waals surface area contributed by atoms with Gasteiger partial charge < -0.3 is 10.2 Å². The number of benzene rings is 1. The number of aryl methyl sites for hydroxylation is 1. The van der Waals surface area contributed by atoms with E-state index in [1.54, 1.807) is 12.4 Å². The highest BCUT2D eigenvalue weighted by atomic mass is 35.5. The fourth-order valence-electron chi connectivity index (χ4n) is 2.96. The van der Waals surface area contributed by atoms with Gasteiger partial charge >= 0.3 is 0 Å². The minimum Gasteiger partial charge on any atom is -0.333 e. The molecule has 0 aliphatic carbocycles. The van der Waals surface area contributed by atoms with Crippen molar-refractivity contribution in [3.63, 3.8) is 0 Å². The van der Waals surface area contributed by atoms with Gasteiger partial charge in [-0.05, 0) is 41.8 Å². The molecule has 0 saturated carbocycles. The molecule has 1 N–H and O–H groups in total. The monoisotopic (exact) mass is 401 g/mol. The number of halogens is 3. The van der Waals surface area contributed by atoms with Crippen molar-refractivity contribution in [2.24, 2.45) is 0 Å². The largest absolute Gasteiger partial charge is 0.333 e. The predicted octanol–water partition coefficient (Wildman–Crippen LogP) is 3.68. The minimum absolute atomic E-state index is 0. The first-order valence-electron chi connectivity index (χ1n) is 7.88. The molecule has 1 aromatic heterocycles. The van der Waals surface area contributed by atoms with Crippen molar-refractivity contribution < 1.29 is 4.79 Å². The smallest absolute Gasteiger partial charge is 0.223 e. The lowest BCUT2D eigenvalue weighted by Crippen LogP contribution is -2.48. The molecular weight excluding hydrogens is 381 g/mol. The van der Waals surface area contributed by atoms with Crippen molar-refractivity contribution in [3.8, 4) is 0 Å². The molecule has 0 bridgehead atoms. The molecule has 1 amide bonds. The Morgan fingerprint density at radius 2 is 2.00 bits per heavy atom. The van der Waals surface area contributed by atoms with Crippen LogP contribution in [0.2, 0.25) is 5.02 Å². The molecule has 1 aliphatic rings. The number of nitrogens with zero attached hydrogens (tertiary/aromatic N) is 2. The van der Waals surface area contributed by atoms with Gasteiger partial charge in [-0.2, -0.15) is 0 Å². The zero-order valence-electron chi connectivity index (χ0n) is 13.7. The zero-order chi connectivity index (χ0) is 16.1. The molecule has 2 heterocycles. The molecule has 1 aliphatic heterocycles. The number of nitrogens with one attached hydrogen (secondary N) is 1. The first kappa shape index (κ1) is 21.7. The summed E-state index contributed by atoms with van der Waals surface area (Å²) in [6, 6.07) is 11.7. The molecule has 136 valence electrons. The molecule has 1 atom stereocenters. The van der Waals surface area contributed by atoms with Crippen molar-refractivity contribution in [3.05, 3.63) is 64.9 Å². The van der Waals surface area contributed by atoms with E-state index >= 15 is 0 Å². The van der Waals surface area contributed by atoms with Gasteiger partial charge in [-0.25, -0.2) is 0 Å². The van der Waals surface area contributed by atoms with Crippen molar-refractivity contribution in [2.45, 2.75) is 18.9 Å². The Balaban J connectivity index is 0.00000156. The summed E-state index contributed by atoms with van der Waals surface area (Å²) in [7, 11) is 0. The molecule has 0 spiro atoms. The Kier molecular flexibility index (Phi) is 9.22. The van der Waals surface area contributed by atoms with Crippen molar-refractivity contribution in [1.82, 2.24) is 15.2 Å². The maximum absolute atomic E-state index is 12.7. The van der Waals surface area contributed by atoms with Crippen LogP contribution in [-0.4, -0.2) is 35.4 Å². The third-order valence-corrected chi connectivity index (χ3v) is 4.41. The minimum atomic E-state index is 0. The van der Waals surface area contributed by atoms with Crippen LogP contribution in [0.5, 0.6) is 0 Å². The molecule has 3 rings (SSSR count). The third kappa shape index (κ3) is 5.86. The quantitative estimate of drug-likeness (QED) is 0.848. The Bertz CT molecular complexity index is 670. The number of aromatic nitrogens is 1. The summed E-state index contributed by atoms with van der Waals surface area (Å²) in [4.78, 5) is 18.7. The predicted molar refractivity (Wildman–Crippen MR) is 106 cm³/mol. The Hall–Kier alpha value is -1.33. The van der Waals surface area contributed by atoms with Crippen molar-refractivity contribution in [2.75, 3.05) is 19.6 Å². The summed E-state index contributed by atoms with van der Waals surface area (Å²) in [5.74, 6) is 0.188. The lowest BCUT2D eigenvalue weighted by molar-refractivity contribution is -0.134. The first-order valence-corrected chi connectivity index (χ1v) is 8.26. The second-order valence-electron chi connectivity index (χ2n) is 5.72. The normalized spacial score (nSPS) is 16.5. The van der Waals surface area contributed by atoms with Crippen LogP contribution in [0, 0.1) is 0 Å². The summed E-state index contributed by atoms with van der Waals surface area (Å²) in [6.07, 6.45) is 4.79. The maximum atomic E-state index is 12.7. The van der Waals surface area contributed by atoms with Gasteiger partial charge in [0.2, 0.25) is 5.91 Å². The van der Waals surface area contributed by atoms with Gasteiger partial charge in [0.05, 0.1) is 6.04 Å². The van der Waals surface area contributed by atoms with Crippen LogP contribution in [0.3, 0.4) is 0 Å². The molecule has 1 saturated heterocycles. The van der Waals surface area contributed by atoms with E-state index in [9.17, 15) is 4.79 Å². The second-order valence-corrected chi connectivity index (χ2v) is 6.15. The molecule has 1 aromatic carbocycles. The van der Waals surface area contributed by atoms with Gasteiger partial charge in [0, 0.05) is 43.5 Å². The number of rotatable bonds is 4. The van der Waals surface area contributed by atoms with Crippen LogP contribution in [0.1, 0.15) is 23.6 Å².